The molecular weight excluding hydrogens is 881 g/mol. The summed E-state index contributed by atoms with van der Waals surface area (Å²) < 4.78 is 23.3. The van der Waals surface area contributed by atoms with Crippen molar-refractivity contribution in [3.05, 3.63) is 206 Å². The molecule has 19 rings (SSSR count). The van der Waals surface area contributed by atoms with Crippen LogP contribution >= 0.6 is 0 Å². The largest absolute Gasteiger partial charge is 0.454 e. The Morgan fingerprint density at radius 3 is 0.944 bits per heavy atom. The third-order valence-corrected chi connectivity index (χ3v) is 16.6. The summed E-state index contributed by atoms with van der Waals surface area (Å²) in [6, 6.07) is 75.9. The van der Waals surface area contributed by atoms with Crippen LogP contribution in [-0.2, 0) is 0 Å². The van der Waals surface area contributed by atoms with E-state index in [0.29, 0.717) is 0 Å². The Bertz CT molecular complexity index is 5300. The third-order valence-electron chi connectivity index (χ3n) is 16.6. The maximum atomic E-state index is 6.67. The molecule has 0 aliphatic heterocycles. The predicted molar refractivity (Wildman–Crippen MR) is 299 cm³/mol. The van der Waals surface area contributed by atoms with Crippen molar-refractivity contribution in [2.45, 2.75) is 0 Å². The lowest BCUT2D eigenvalue weighted by molar-refractivity contribution is 0.666. The molecule has 6 heteroatoms. The minimum atomic E-state index is 0.899. The number of hydrogen-bond acceptors (Lipinski definition) is 2. The number of hydrogen-bond donors (Lipinski definition) is 0. The van der Waals surface area contributed by atoms with E-state index in [2.05, 4.69) is 212 Å². The lowest BCUT2D eigenvalue weighted by atomic mass is 10.0. The topological polar surface area (TPSA) is 45.0 Å². The van der Waals surface area contributed by atoms with Crippen LogP contribution in [0.2, 0.25) is 0 Å². The molecule has 0 amide bonds. The molecular formula is C66H34N4O2. The Labute approximate surface area is 406 Å². The van der Waals surface area contributed by atoms with E-state index in [1.54, 1.807) is 0 Å². The van der Waals surface area contributed by atoms with Crippen molar-refractivity contribution in [1.29, 1.82) is 0 Å². The van der Waals surface area contributed by atoms with Crippen molar-refractivity contribution >= 4 is 164 Å². The Morgan fingerprint density at radius 2 is 0.528 bits per heavy atom. The fourth-order valence-electron chi connectivity index (χ4n) is 13.7. The quantitative estimate of drug-likeness (QED) is 0.173. The van der Waals surface area contributed by atoms with Crippen LogP contribution in [0.4, 0.5) is 0 Å². The second-order valence-corrected chi connectivity index (χ2v) is 19.9. The summed E-state index contributed by atoms with van der Waals surface area (Å²) in [5.41, 5.74) is 17.7. The zero-order valence-corrected chi connectivity index (χ0v) is 38.2. The maximum absolute atomic E-state index is 6.67. The highest BCUT2D eigenvalue weighted by atomic mass is 16.3. The molecule has 8 heterocycles. The molecule has 0 saturated carbocycles. The monoisotopic (exact) mass is 914 g/mol. The molecule has 0 spiro atoms. The average molecular weight is 915 g/mol. The lowest BCUT2D eigenvalue weighted by Gasteiger charge is -2.09. The Hall–Kier alpha value is -9.78. The molecule has 0 bridgehead atoms. The van der Waals surface area contributed by atoms with Gasteiger partial charge in [0, 0.05) is 86.2 Å². The summed E-state index contributed by atoms with van der Waals surface area (Å²) in [5.74, 6) is 0. The first-order chi connectivity index (χ1) is 35.7. The molecule has 0 fully saturated rings. The van der Waals surface area contributed by atoms with Crippen molar-refractivity contribution in [2.24, 2.45) is 0 Å². The van der Waals surface area contributed by atoms with Gasteiger partial charge in [-0.05, 0) is 72.8 Å². The van der Waals surface area contributed by atoms with Crippen LogP contribution in [0.1, 0.15) is 0 Å². The molecule has 19 aromatic rings. The lowest BCUT2D eigenvalue weighted by Crippen LogP contribution is -1.94. The van der Waals surface area contributed by atoms with Gasteiger partial charge in [0.05, 0.1) is 66.5 Å². The molecule has 0 N–H and O–H groups in total. The van der Waals surface area contributed by atoms with Crippen molar-refractivity contribution in [3.63, 3.8) is 0 Å². The molecule has 330 valence electrons. The van der Waals surface area contributed by atoms with Gasteiger partial charge in [-0.25, -0.2) is 0 Å². The van der Waals surface area contributed by atoms with Crippen LogP contribution in [0.5, 0.6) is 0 Å². The number of benzene rings is 11. The minimum absolute atomic E-state index is 0.899. The number of nitrogens with zero attached hydrogens (tertiary/aromatic N) is 4. The molecule has 6 nitrogen and oxygen atoms in total. The maximum Gasteiger partial charge on any atom is 0.159 e. The number of para-hydroxylation sites is 8. The van der Waals surface area contributed by atoms with Crippen LogP contribution < -0.4 is 0 Å². The van der Waals surface area contributed by atoms with Gasteiger partial charge in [-0.15, -0.1) is 0 Å². The van der Waals surface area contributed by atoms with E-state index in [1.165, 1.54) is 97.7 Å². The van der Waals surface area contributed by atoms with Gasteiger partial charge in [0.15, 0.2) is 11.2 Å². The van der Waals surface area contributed by atoms with Crippen molar-refractivity contribution < 1.29 is 8.83 Å². The summed E-state index contributed by atoms with van der Waals surface area (Å²) in [6.45, 7) is 0. The number of rotatable bonds is 2. The van der Waals surface area contributed by atoms with Crippen LogP contribution in [0, 0.1) is 0 Å². The second-order valence-electron chi connectivity index (χ2n) is 19.9. The van der Waals surface area contributed by atoms with Crippen molar-refractivity contribution in [1.82, 2.24) is 17.9 Å². The predicted octanol–water partition coefficient (Wildman–Crippen LogP) is 18.0. The molecule has 0 aliphatic carbocycles. The third kappa shape index (κ3) is 4.13. The Balaban J connectivity index is 0.889. The zero-order valence-electron chi connectivity index (χ0n) is 38.2. The van der Waals surface area contributed by atoms with E-state index < -0.39 is 0 Å². The number of fused-ring (bicyclic) bond motifs is 24. The van der Waals surface area contributed by atoms with Crippen molar-refractivity contribution in [2.75, 3.05) is 0 Å². The first-order valence-corrected chi connectivity index (χ1v) is 24.7. The standard InChI is InChI=1S/C66H34N4O2/c1-5-23-51-35(13-1)45-29-57-47(31-55(45)67(51)53-25-11-21-43-37-15-3-7-27-61(37)71-65(43)53)39-17-9-19-41-49-34-60-50(33-59(49)69(57)63(39)41)42-20-10-18-40-48-32-56-46(30-58(48)70(60)64(40)42)36-14-2-6-24-52(36)68(56)54-26-12-22-44-38-16-4-8-28-62(38)72-66(44)54/h1-34H. The van der Waals surface area contributed by atoms with Crippen LogP contribution in [-0.4, -0.2) is 17.9 Å². The normalized spacial score (nSPS) is 13.0. The van der Waals surface area contributed by atoms with E-state index in [4.69, 9.17) is 8.83 Å². The van der Waals surface area contributed by atoms with Crippen LogP contribution in [0.15, 0.2) is 215 Å². The summed E-state index contributed by atoms with van der Waals surface area (Å²) in [7, 11) is 0. The molecule has 0 atom stereocenters. The van der Waals surface area contributed by atoms with Gasteiger partial charge in [0.1, 0.15) is 11.2 Å². The fourth-order valence-corrected chi connectivity index (χ4v) is 13.7. The fraction of sp³-hybridized carbons (Fsp3) is 0. The van der Waals surface area contributed by atoms with E-state index in [0.717, 1.165) is 77.3 Å². The van der Waals surface area contributed by atoms with E-state index in [9.17, 15) is 0 Å². The number of aromatic nitrogens is 4. The highest BCUT2D eigenvalue weighted by Gasteiger charge is 2.26. The van der Waals surface area contributed by atoms with E-state index >= 15 is 0 Å². The molecule has 8 aromatic heterocycles. The highest BCUT2D eigenvalue weighted by molar-refractivity contribution is 6.31. The molecule has 72 heavy (non-hydrogen) atoms. The molecule has 0 radical (unpaired) electrons. The van der Waals surface area contributed by atoms with Crippen molar-refractivity contribution in [3.8, 4) is 11.4 Å². The second kappa shape index (κ2) is 12.3. The van der Waals surface area contributed by atoms with Gasteiger partial charge in [-0.3, -0.25) is 0 Å². The van der Waals surface area contributed by atoms with Gasteiger partial charge in [-0.2, -0.15) is 0 Å². The summed E-state index contributed by atoms with van der Waals surface area (Å²) in [6.07, 6.45) is 0. The van der Waals surface area contributed by atoms with Crippen LogP contribution in [0.3, 0.4) is 0 Å². The molecule has 0 aliphatic rings. The van der Waals surface area contributed by atoms with Gasteiger partial charge < -0.3 is 26.8 Å². The van der Waals surface area contributed by atoms with E-state index in [1.807, 2.05) is 12.1 Å². The molecule has 0 unspecified atom stereocenters. The van der Waals surface area contributed by atoms with Gasteiger partial charge in [-0.1, -0.05) is 133 Å². The zero-order chi connectivity index (χ0) is 46.2. The molecule has 0 saturated heterocycles. The smallest absolute Gasteiger partial charge is 0.159 e. The SMILES string of the molecule is c1ccc2c(c1)oc1c(-n3c4ccccc4c4cc5c(cc43)c3cccc4c6cc7c(cc6n5c34)c3cccc4c5cc6c(cc5n7c43)c3ccccc3n6-c3cccc4c3oc3ccccc34)cccc12. The first kappa shape index (κ1) is 36.2. The van der Waals surface area contributed by atoms with Gasteiger partial charge >= 0.3 is 0 Å². The average Bonchev–Trinajstić information content (AvgIpc) is 4.32. The van der Waals surface area contributed by atoms with Crippen LogP contribution in [0.25, 0.3) is 175 Å². The van der Waals surface area contributed by atoms with Gasteiger partial charge in [0.25, 0.3) is 0 Å². The minimum Gasteiger partial charge on any atom is -0.454 e. The van der Waals surface area contributed by atoms with E-state index in [-0.39, 0.29) is 0 Å². The van der Waals surface area contributed by atoms with Gasteiger partial charge in [0.2, 0.25) is 0 Å². The first-order valence-electron chi connectivity index (χ1n) is 24.7. The summed E-state index contributed by atoms with van der Waals surface area (Å²) in [4.78, 5) is 0. The number of furan rings is 2. The summed E-state index contributed by atoms with van der Waals surface area (Å²) in [5, 5.41) is 19.4. The highest BCUT2D eigenvalue weighted by Crippen LogP contribution is 2.48. The molecule has 11 aromatic carbocycles. The Kier molecular flexibility index (Phi) is 6.20. The summed E-state index contributed by atoms with van der Waals surface area (Å²) >= 11 is 0. The Morgan fingerprint density at radius 1 is 0.222 bits per heavy atom.